The van der Waals surface area contributed by atoms with Gasteiger partial charge in [-0.25, -0.2) is 0 Å². The Morgan fingerprint density at radius 1 is 1.26 bits per heavy atom. The van der Waals surface area contributed by atoms with Gasteiger partial charge in [0.05, 0.1) is 17.8 Å². The van der Waals surface area contributed by atoms with E-state index in [1.165, 1.54) is 0 Å². The van der Waals surface area contributed by atoms with Crippen LogP contribution < -0.4 is 4.74 Å². The zero-order valence-corrected chi connectivity index (χ0v) is 13.5. The number of benzene rings is 2. The van der Waals surface area contributed by atoms with Gasteiger partial charge in [0.25, 0.3) is 0 Å². The highest BCUT2D eigenvalue weighted by atomic mass is 35.5. The van der Waals surface area contributed by atoms with Crippen LogP contribution in [-0.2, 0) is 28.3 Å². The third-order valence-corrected chi connectivity index (χ3v) is 4.96. The molecule has 1 aliphatic rings. The molecular weight excluding hydrogens is 338 g/mol. The molecule has 4 rings (SSSR count). The zero-order chi connectivity index (χ0) is 15.8. The van der Waals surface area contributed by atoms with Crippen LogP contribution in [0.3, 0.4) is 0 Å². The fraction of sp³-hybridized carbons (Fsp3) is 0.188. The van der Waals surface area contributed by atoms with Crippen LogP contribution in [0.4, 0.5) is 0 Å². The van der Waals surface area contributed by atoms with Crippen LogP contribution in [0, 0.1) is 0 Å². The van der Waals surface area contributed by atoms with E-state index in [2.05, 4.69) is 4.98 Å². The molecule has 0 radical (unpaired) electrons. The van der Waals surface area contributed by atoms with Crippen molar-refractivity contribution in [1.82, 2.24) is 4.98 Å². The van der Waals surface area contributed by atoms with E-state index in [0.717, 1.165) is 16.9 Å². The molecule has 5 nitrogen and oxygen atoms in total. The number of oxazole rings is 1. The van der Waals surface area contributed by atoms with Crippen molar-refractivity contribution >= 4 is 33.9 Å². The van der Waals surface area contributed by atoms with Crippen LogP contribution in [0.1, 0.15) is 11.1 Å². The van der Waals surface area contributed by atoms with Crippen LogP contribution in [0.5, 0.6) is 5.75 Å². The van der Waals surface area contributed by atoms with Crippen molar-refractivity contribution in [1.29, 1.82) is 0 Å². The lowest BCUT2D eigenvalue weighted by Crippen LogP contribution is -2.15. The van der Waals surface area contributed by atoms with Crippen LogP contribution in [0.15, 0.2) is 46.0 Å². The molecule has 7 heteroatoms. The smallest absolute Gasteiger partial charge is 0.416 e. The van der Waals surface area contributed by atoms with Gasteiger partial charge in [-0.2, -0.15) is 4.98 Å². The summed E-state index contributed by atoms with van der Waals surface area (Å²) in [6, 6.07) is 10.8. The number of halogens is 1. The third-order valence-electron chi connectivity index (χ3n) is 3.59. The lowest BCUT2D eigenvalue weighted by molar-refractivity contribution is -0.0167. The van der Waals surface area contributed by atoms with Crippen LogP contribution in [0.25, 0.3) is 11.1 Å². The lowest BCUT2D eigenvalue weighted by atomic mass is 10.1. The number of nitrogens with zero attached hydrogens (tertiary/aromatic N) is 1. The molecule has 2 heterocycles. The quantitative estimate of drug-likeness (QED) is 0.675. The number of rotatable bonds is 3. The fourth-order valence-electron chi connectivity index (χ4n) is 2.47. The van der Waals surface area contributed by atoms with Gasteiger partial charge in [-0.15, -0.1) is 0 Å². The maximum atomic E-state index is 12.6. The molecular formula is C16H12ClNO4S. The predicted octanol–water partition coefficient (Wildman–Crippen LogP) is 3.66. The third kappa shape index (κ3) is 2.90. The Balaban J connectivity index is 1.63. The Morgan fingerprint density at radius 3 is 3.09 bits per heavy atom. The average Bonchev–Trinajstić information content (AvgIpc) is 2.98. The molecule has 1 unspecified atom stereocenters. The van der Waals surface area contributed by atoms with Crippen molar-refractivity contribution < 1.29 is 18.4 Å². The van der Waals surface area contributed by atoms with Crippen LogP contribution in [-0.4, -0.2) is 16.3 Å². The fourth-order valence-corrected chi connectivity index (χ4v) is 3.69. The SMILES string of the molecule is [O-][S+](Cc1cccc2c1COCO2)c1nc2ccc(Cl)cc2o1. The van der Waals surface area contributed by atoms with Gasteiger partial charge in [-0.1, -0.05) is 23.7 Å². The molecule has 23 heavy (non-hydrogen) atoms. The molecule has 118 valence electrons. The Morgan fingerprint density at radius 2 is 2.17 bits per heavy atom. The lowest BCUT2D eigenvalue weighted by Gasteiger charge is -2.20. The largest absolute Gasteiger partial charge is 0.607 e. The number of hydrogen-bond donors (Lipinski definition) is 0. The first-order valence-electron chi connectivity index (χ1n) is 6.96. The molecule has 3 aromatic rings. The first kappa shape index (κ1) is 14.8. The summed E-state index contributed by atoms with van der Waals surface area (Å²) in [5, 5.41) is 0.745. The van der Waals surface area contributed by atoms with Gasteiger partial charge in [0.2, 0.25) is 0 Å². The highest BCUT2D eigenvalue weighted by Crippen LogP contribution is 2.30. The Hall–Kier alpha value is -1.73. The van der Waals surface area contributed by atoms with Gasteiger partial charge in [0.15, 0.2) is 12.4 Å². The summed E-state index contributed by atoms with van der Waals surface area (Å²) < 4.78 is 28.9. The summed E-state index contributed by atoms with van der Waals surface area (Å²) in [6.07, 6.45) is 0. The van der Waals surface area contributed by atoms with E-state index in [1.807, 2.05) is 18.2 Å². The second-order valence-corrected chi connectivity index (χ2v) is 6.85. The molecule has 0 spiro atoms. The molecule has 0 fully saturated rings. The van der Waals surface area contributed by atoms with E-state index in [4.69, 9.17) is 25.5 Å². The maximum absolute atomic E-state index is 12.6. The van der Waals surface area contributed by atoms with Crippen molar-refractivity contribution in [3.63, 3.8) is 0 Å². The minimum absolute atomic E-state index is 0.192. The molecule has 1 aromatic heterocycles. The summed E-state index contributed by atoms with van der Waals surface area (Å²) in [5.74, 6) is 1.06. The van der Waals surface area contributed by atoms with E-state index in [0.29, 0.717) is 22.7 Å². The maximum Gasteiger partial charge on any atom is 0.416 e. The number of aromatic nitrogens is 1. The van der Waals surface area contributed by atoms with E-state index in [9.17, 15) is 4.55 Å². The normalized spacial score (nSPS) is 15.2. The first-order chi connectivity index (χ1) is 11.2. The minimum Gasteiger partial charge on any atom is -0.607 e. The molecule has 0 bridgehead atoms. The molecule has 2 aromatic carbocycles. The Bertz CT molecular complexity index is 866. The predicted molar refractivity (Wildman–Crippen MR) is 85.9 cm³/mol. The average molecular weight is 350 g/mol. The molecule has 1 atom stereocenters. The number of fused-ring (bicyclic) bond motifs is 2. The molecule has 1 aliphatic heterocycles. The van der Waals surface area contributed by atoms with Gasteiger partial charge in [-0.3, -0.25) is 0 Å². The summed E-state index contributed by atoms with van der Waals surface area (Å²) in [5.41, 5.74) is 2.99. The van der Waals surface area contributed by atoms with Crippen molar-refractivity contribution in [2.45, 2.75) is 17.6 Å². The van der Waals surface area contributed by atoms with Crippen molar-refractivity contribution in [3.8, 4) is 5.75 Å². The molecule has 0 saturated carbocycles. The van der Waals surface area contributed by atoms with Crippen molar-refractivity contribution in [3.05, 3.63) is 52.5 Å². The monoisotopic (exact) mass is 349 g/mol. The van der Waals surface area contributed by atoms with E-state index >= 15 is 0 Å². The van der Waals surface area contributed by atoms with Gasteiger partial charge < -0.3 is 18.4 Å². The number of ether oxygens (including phenoxy) is 2. The Labute approximate surface area is 140 Å². The van der Waals surface area contributed by atoms with Gasteiger partial charge in [0, 0.05) is 22.2 Å². The van der Waals surface area contributed by atoms with Crippen LogP contribution >= 0.6 is 11.6 Å². The second-order valence-electron chi connectivity index (χ2n) is 5.09. The molecule has 0 N–H and O–H groups in total. The molecule has 0 saturated heterocycles. The van der Waals surface area contributed by atoms with E-state index < -0.39 is 11.2 Å². The zero-order valence-electron chi connectivity index (χ0n) is 12.0. The van der Waals surface area contributed by atoms with Gasteiger partial charge in [-0.05, 0) is 18.2 Å². The van der Waals surface area contributed by atoms with Crippen molar-refractivity contribution in [2.24, 2.45) is 0 Å². The van der Waals surface area contributed by atoms with E-state index in [-0.39, 0.29) is 17.8 Å². The Kier molecular flexibility index (Phi) is 3.90. The summed E-state index contributed by atoms with van der Waals surface area (Å²) in [4.78, 5) is 4.27. The van der Waals surface area contributed by atoms with Crippen LogP contribution in [0.2, 0.25) is 5.02 Å². The highest BCUT2D eigenvalue weighted by molar-refractivity contribution is 7.90. The summed E-state index contributed by atoms with van der Waals surface area (Å²) in [6.45, 7) is 0.692. The second kappa shape index (κ2) is 6.05. The highest BCUT2D eigenvalue weighted by Gasteiger charge is 2.24. The molecule has 0 amide bonds. The summed E-state index contributed by atoms with van der Waals surface area (Å²) in [7, 11) is 0. The van der Waals surface area contributed by atoms with Crippen molar-refractivity contribution in [2.75, 3.05) is 6.79 Å². The number of hydrogen-bond acceptors (Lipinski definition) is 5. The minimum atomic E-state index is -1.40. The standard InChI is InChI=1S/C16H12ClNO4S/c17-11-4-5-13-15(6-11)22-16(18-13)23(19)8-10-2-1-3-14-12(10)7-20-9-21-14/h1-6H,7-9H2. The summed E-state index contributed by atoms with van der Waals surface area (Å²) >= 11 is 4.52. The van der Waals surface area contributed by atoms with E-state index in [1.54, 1.807) is 18.2 Å². The molecule has 0 aliphatic carbocycles. The first-order valence-corrected chi connectivity index (χ1v) is 8.66. The topological polar surface area (TPSA) is 67.5 Å². The van der Waals surface area contributed by atoms with Gasteiger partial charge >= 0.3 is 5.22 Å². The van der Waals surface area contributed by atoms with Gasteiger partial charge in [0.1, 0.15) is 17.0 Å².